The molecule has 0 atom stereocenters. The number of rotatable bonds is 5. The molecule has 0 fully saturated rings. The Labute approximate surface area is 145 Å². The van der Waals surface area contributed by atoms with Gasteiger partial charge in [0.2, 0.25) is 5.91 Å². The molecule has 0 aromatic heterocycles. The molecular formula is C19H18FN3O2. The zero-order valence-corrected chi connectivity index (χ0v) is 14.0. The Bertz CT molecular complexity index is 806. The summed E-state index contributed by atoms with van der Waals surface area (Å²) in [6.07, 6.45) is 0. The van der Waals surface area contributed by atoms with E-state index in [1.54, 1.807) is 38.1 Å². The molecule has 0 saturated carbocycles. The first kappa shape index (κ1) is 18.1. The number of nitriles is 1. The molecular weight excluding hydrogens is 321 g/mol. The molecule has 0 spiro atoms. The van der Waals surface area contributed by atoms with Crippen molar-refractivity contribution in [1.29, 1.82) is 5.26 Å². The summed E-state index contributed by atoms with van der Waals surface area (Å²) < 4.78 is 12.9. The first-order chi connectivity index (χ1) is 11.8. The predicted molar refractivity (Wildman–Crippen MR) is 92.0 cm³/mol. The molecule has 2 rings (SSSR count). The highest BCUT2D eigenvalue weighted by Gasteiger charge is 2.26. The Morgan fingerprint density at radius 2 is 1.68 bits per heavy atom. The second-order valence-electron chi connectivity index (χ2n) is 6.08. The number of carbonyl (C=O) groups excluding carboxylic acids is 2. The number of benzene rings is 2. The van der Waals surface area contributed by atoms with E-state index < -0.39 is 5.41 Å². The third kappa shape index (κ3) is 4.88. The summed E-state index contributed by atoms with van der Waals surface area (Å²) in [5.41, 5.74) is 0.660. The van der Waals surface area contributed by atoms with Gasteiger partial charge >= 0.3 is 0 Å². The first-order valence-corrected chi connectivity index (χ1v) is 7.67. The van der Waals surface area contributed by atoms with Gasteiger partial charge in [0.05, 0.1) is 6.07 Å². The van der Waals surface area contributed by atoms with E-state index >= 15 is 0 Å². The number of hydrogen-bond acceptors (Lipinski definition) is 3. The molecule has 2 aromatic rings. The molecule has 2 N–H and O–H groups in total. The lowest BCUT2D eigenvalue weighted by Gasteiger charge is -2.15. The van der Waals surface area contributed by atoms with Crippen molar-refractivity contribution in [3.05, 3.63) is 65.5 Å². The maximum atomic E-state index is 12.9. The van der Waals surface area contributed by atoms with Gasteiger partial charge in [0.15, 0.2) is 0 Å². The summed E-state index contributed by atoms with van der Waals surface area (Å²) in [4.78, 5) is 24.0. The standard InChI is InChI=1S/C19H18FN3O2/c1-19(2,12-21)18(25)22-11-13-3-5-14(6-4-13)17(24)23-16-9-7-15(20)8-10-16/h3-10H,11H2,1-2H3,(H,22,25)(H,23,24). The van der Waals surface area contributed by atoms with Crippen LogP contribution in [0.1, 0.15) is 29.8 Å². The number of nitrogens with one attached hydrogen (secondary N) is 2. The molecule has 0 aliphatic carbocycles. The fraction of sp³-hybridized carbons (Fsp3) is 0.211. The fourth-order valence-corrected chi connectivity index (χ4v) is 1.96. The Hall–Kier alpha value is -3.20. The molecule has 0 unspecified atom stereocenters. The third-order valence-electron chi connectivity index (χ3n) is 3.62. The summed E-state index contributed by atoms with van der Waals surface area (Å²) in [5, 5.41) is 14.3. The molecule has 0 heterocycles. The minimum atomic E-state index is -1.09. The number of carbonyl (C=O) groups is 2. The highest BCUT2D eigenvalue weighted by atomic mass is 19.1. The van der Waals surface area contributed by atoms with Gasteiger partial charge in [-0.2, -0.15) is 5.26 Å². The zero-order chi connectivity index (χ0) is 18.4. The van der Waals surface area contributed by atoms with E-state index in [9.17, 15) is 14.0 Å². The lowest BCUT2D eigenvalue weighted by molar-refractivity contribution is -0.126. The summed E-state index contributed by atoms with van der Waals surface area (Å²) in [6, 6.07) is 14.1. The summed E-state index contributed by atoms with van der Waals surface area (Å²) in [5.74, 6) is -1.04. The van der Waals surface area contributed by atoms with E-state index in [0.717, 1.165) is 5.56 Å². The molecule has 2 amide bonds. The van der Waals surface area contributed by atoms with Crippen LogP contribution >= 0.6 is 0 Å². The van der Waals surface area contributed by atoms with Crippen LogP contribution < -0.4 is 10.6 Å². The SMILES string of the molecule is CC(C)(C#N)C(=O)NCc1ccc(C(=O)Nc2ccc(F)cc2)cc1. The Morgan fingerprint density at radius 1 is 1.08 bits per heavy atom. The van der Waals surface area contributed by atoms with Crippen molar-refractivity contribution in [3.8, 4) is 6.07 Å². The number of nitrogens with zero attached hydrogens (tertiary/aromatic N) is 1. The summed E-state index contributed by atoms with van der Waals surface area (Å²) in [7, 11) is 0. The Balaban J connectivity index is 1.95. The zero-order valence-electron chi connectivity index (χ0n) is 14.0. The van der Waals surface area contributed by atoms with Crippen molar-refractivity contribution in [2.24, 2.45) is 5.41 Å². The van der Waals surface area contributed by atoms with Gasteiger partial charge in [-0.25, -0.2) is 4.39 Å². The molecule has 128 valence electrons. The molecule has 0 saturated heterocycles. The topological polar surface area (TPSA) is 82.0 Å². The molecule has 25 heavy (non-hydrogen) atoms. The van der Waals surface area contributed by atoms with Crippen LogP contribution in [0.4, 0.5) is 10.1 Å². The highest BCUT2D eigenvalue weighted by Crippen LogP contribution is 2.14. The van der Waals surface area contributed by atoms with Gasteiger partial charge in [-0.05, 0) is 55.8 Å². The van der Waals surface area contributed by atoms with Crippen LogP contribution in [0, 0.1) is 22.6 Å². The van der Waals surface area contributed by atoms with E-state index in [4.69, 9.17) is 5.26 Å². The first-order valence-electron chi connectivity index (χ1n) is 7.67. The van der Waals surface area contributed by atoms with Gasteiger partial charge < -0.3 is 10.6 Å². The fourth-order valence-electron chi connectivity index (χ4n) is 1.96. The van der Waals surface area contributed by atoms with E-state index in [2.05, 4.69) is 10.6 Å². The highest BCUT2D eigenvalue weighted by molar-refractivity contribution is 6.04. The second-order valence-corrected chi connectivity index (χ2v) is 6.08. The van der Waals surface area contributed by atoms with Gasteiger partial charge in [-0.1, -0.05) is 12.1 Å². The lowest BCUT2D eigenvalue weighted by atomic mass is 9.94. The lowest BCUT2D eigenvalue weighted by Crippen LogP contribution is -2.35. The molecule has 2 aromatic carbocycles. The van der Waals surface area contributed by atoms with Gasteiger partial charge in [0.1, 0.15) is 11.2 Å². The Kier molecular flexibility index (Phi) is 5.50. The summed E-state index contributed by atoms with van der Waals surface area (Å²) >= 11 is 0. The normalized spacial score (nSPS) is 10.6. The number of anilines is 1. The average Bonchev–Trinajstić information content (AvgIpc) is 2.61. The second kappa shape index (κ2) is 7.58. The van der Waals surface area contributed by atoms with Crippen LogP contribution in [0.3, 0.4) is 0 Å². The van der Waals surface area contributed by atoms with Crippen LogP contribution in [0.25, 0.3) is 0 Å². The molecule has 6 heteroatoms. The summed E-state index contributed by atoms with van der Waals surface area (Å²) in [6.45, 7) is 3.36. The van der Waals surface area contributed by atoms with E-state index in [1.165, 1.54) is 24.3 Å². The maximum Gasteiger partial charge on any atom is 0.255 e. The monoisotopic (exact) mass is 339 g/mol. The minimum absolute atomic E-state index is 0.268. The number of amides is 2. The van der Waals surface area contributed by atoms with E-state index in [0.29, 0.717) is 11.3 Å². The quantitative estimate of drug-likeness (QED) is 0.877. The van der Waals surface area contributed by atoms with Crippen molar-refractivity contribution >= 4 is 17.5 Å². The Morgan fingerprint density at radius 3 is 2.24 bits per heavy atom. The van der Waals surface area contributed by atoms with Gasteiger partial charge in [0, 0.05) is 17.8 Å². The van der Waals surface area contributed by atoms with Crippen LogP contribution in [0.5, 0.6) is 0 Å². The molecule has 5 nitrogen and oxygen atoms in total. The molecule has 0 radical (unpaired) electrons. The number of hydrogen-bond donors (Lipinski definition) is 2. The van der Waals surface area contributed by atoms with Crippen LogP contribution in [-0.4, -0.2) is 11.8 Å². The van der Waals surface area contributed by atoms with Crippen LogP contribution in [0.2, 0.25) is 0 Å². The van der Waals surface area contributed by atoms with Crippen molar-refractivity contribution in [2.45, 2.75) is 20.4 Å². The van der Waals surface area contributed by atoms with Crippen molar-refractivity contribution < 1.29 is 14.0 Å². The van der Waals surface area contributed by atoms with Gasteiger partial charge in [-0.3, -0.25) is 9.59 Å². The van der Waals surface area contributed by atoms with Crippen molar-refractivity contribution in [1.82, 2.24) is 5.32 Å². The van der Waals surface area contributed by atoms with Gasteiger partial charge in [-0.15, -0.1) is 0 Å². The van der Waals surface area contributed by atoms with Gasteiger partial charge in [0.25, 0.3) is 5.91 Å². The molecule has 0 aliphatic heterocycles. The molecule has 0 aliphatic rings. The smallest absolute Gasteiger partial charge is 0.255 e. The minimum Gasteiger partial charge on any atom is -0.351 e. The van der Waals surface area contributed by atoms with Crippen LogP contribution in [-0.2, 0) is 11.3 Å². The van der Waals surface area contributed by atoms with Crippen LogP contribution in [0.15, 0.2) is 48.5 Å². The van der Waals surface area contributed by atoms with E-state index in [-0.39, 0.29) is 24.2 Å². The molecule has 0 bridgehead atoms. The predicted octanol–water partition coefficient (Wildman–Crippen LogP) is 3.24. The largest absolute Gasteiger partial charge is 0.351 e. The average molecular weight is 339 g/mol. The van der Waals surface area contributed by atoms with Crippen molar-refractivity contribution in [2.75, 3.05) is 5.32 Å². The van der Waals surface area contributed by atoms with Crippen molar-refractivity contribution in [3.63, 3.8) is 0 Å². The van der Waals surface area contributed by atoms with E-state index in [1.807, 2.05) is 6.07 Å². The maximum absolute atomic E-state index is 12.9. The third-order valence-corrected chi connectivity index (χ3v) is 3.62. The number of halogens is 1.